The molecule has 15 heavy (non-hydrogen) atoms. The van der Waals surface area contributed by atoms with Gasteiger partial charge in [-0.1, -0.05) is 30.3 Å². The highest BCUT2D eigenvalue weighted by atomic mass is 16.7. The normalized spacial score (nSPS) is 13.1. The minimum Gasteiger partial charge on any atom is -0.355 e. The highest BCUT2D eigenvalue weighted by Gasteiger charge is 2.08. The Bertz CT molecular complexity index is 260. The molecule has 1 rings (SSSR count). The van der Waals surface area contributed by atoms with Crippen molar-refractivity contribution in [2.75, 3.05) is 20.8 Å². The molecular formula is C12H19NO2. The zero-order valence-electron chi connectivity index (χ0n) is 9.57. The lowest BCUT2D eigenvalue weighted by molar-refractivity contribution is -0.0997. The van der Waals surface area contributed by atoms with Crippen molar-refractivity contribution in [2.24, 2.45) is 0 Å². The van der Waals surface area contributed by atoms with Crippen LogP contribution in [0.3, 0.4) is 0 Å². The van der Waals surface area contributed by atoms with Gasteiger partial charge in [0.05, 0.1) is 0 Å². The van der Waals surface area contributed by atoms with Crippen LogP contribution in [0.5, 0.6) is 0 Å². The van der Waals surface area contributed by atoms with Gasteiger partial charge in [-0.05, 0) is 12.5 Å². The summed E-state index contributed by atoms with van der Waals surface area (Å²) in [6.07, 6.45) is -0.184. The molecule has 0 spiro atoms. The molecule has 0 saturated heterocycles. The van der Waals surface area contributed by atoms with E-state index in [9.17, 15) is 0 Å². The molecule has 0 unspecified atom stereocenters. The molecule has 3 heteroatoms. The summed E-state index contributed by atoms with van der Waals surface area (Å²) in [5.41, 5.74) is 1.27. The SMILES string of the molecule is COC(CN[C@H](C)c1ccccc1)OC. The molecule has 0 aliphatic carbocycles. The maximum absolute atomic E-state index is 5.10. The highest BCUT2D eigenvalue weighted by Crippen LogP contribution is 2.10. The average molecular weight is 209 g/mol. The van der Waals surface area contributed by atoms with Gasteiger partial charge in [0.1, 0.15) is 0 Å². The summed E-state index contributed by atoms with van der Waals surface area (Å²) in [7, 11) is 3.28. The third kappa shape index (κ3) is 4.00. The Labute approximate surface area is 91.4 Å². The van der Waals surface area contributed by atoms with Crippen LogP contribution in [0.2, 0.25) is 0 Å². The van der Waals surface area contributed by atoms with Crippen LogP contribution in [0, 0.1) is 0 Å². The lowest BCUT2D eigenvalue weighted by Gasteiger charge is -2.18. The van der Waals surface area contributed by atoms with Crippen molar-refractivity contribution in [1.29, 1.82) is 0 Å². The molecule has 1 aromatic carbocycles. The van der Waals surface area contributed by atoms with Crippen LogP contribution in [0.15, 0.2) is 30.3 Å². The molecular weight excluding hydrogens is 190 g/mol. The van der Waals surface area contributed by atoms with Crippen molar-refractivity contribution in [3.8, 4) is 0 Å². The second kappa shape index (κ2) is 6.56. The first-order valence-corrected chi connectivity index (χ1v) is 5.12. The van der Waals surface area contributed by atoms with E-state index in [4.69, 9.17) is 9.47 Å². The summed E-state index contributed by atoms with van der Waals surface area (Å²) >= 11 is 0. The maximum atomic E-state index is 5.10. The first-order chi connectivity index (χ1) is 7.27. The van der Waals surface area contributed by atoms with E-state index in [1.165, 1.54) is 5.56 Å². The zero-order valence-corrected chi connectivity index (χ0v) is 9.57. The predicted molar refractivity (Wildman–Crippen MR) is 60.7 cm³/mol. The van der Waals surface area contributed by atoms with Gasteiger partial charge >= 0.3 is 0 Å². The first-order valence-electron chi connectivity index (χ1n) is 5.12. The lowest BCUT2D eigenvalue weighted by atomic mass is 10.1. The second-order valence-electron chi connectivity index (χ2n) is 3.44. The number of ether oxygens (including phenoxy) is 2. The summed E-state index contributed by atoms with van der Waals surface area (Å²) < 4.78 is 10.2. The molecule has 1 aromatic rings. The molecule has 0 radical (unpaired) electrons. The molecule has 0 amide bonds. The van der Waals surface area contributed by atoms with E-state index in [2.05, 4.69) is 24.4 Å². The molecule has 0 saturated carbocycles. The summed E-state index contributed by atoms with van der Waals surface area (Å²) in [6.45, 7) is 2.81. The van der Waals surface area contributed by atoms with Crippen molar-refractivity contribution in [2.45, 2.75) is 19.3 Å². The fraction of sp³-hybridized carbons (Fsp3) is 0.500. The minimum atomic E-state index is -0.184. The largest absolute Gasteiger partial charge is 0.355 e. The first kappa shape index (κ1) is 12.2. The summed E-state index contributed by atoms with van der Waals surface area (Å²) in [6, 6.07) is 10.6. The third-order valence-corrected chi connectivity index (χ3v) is 2.42. The van der Waals surface area contributed by atoms with Gasteiger partial charge in [0.2, 0.25) is 0 Å². The van der Waals surface area contributed by atoms with E-state index in [1.807, 2.05) is 18.2 Å². The van der Waals surface area contributed by atoms with Crippen LogP contribution in [-0.4, -0.2) is 27.1 Å². The van der Waals surface area contributed by atoms with Crippen molar-refractivity contribution < 1.29 is 9.47 Å². The van der Waals surface area contributed by atoms with Gasteiger partial charge in [0.25, 0.3) is 0 Å². The van der Waals surface area contributed by atoms with Gasteiger partial charge in [-0.2, -0.15) is 0 Å². The Kier molecular flexibility index (Phi) is 5.32. The van der Waals surface area contributed by atoms with Crippen molar-refractivity contribution >= 4 is 0 Å². The quantitative estimate of drug-likeness (QED) is 0.726. The van der Waals surface area contributed by atoms with E-state index in [0.717, 1.165) is 0 Å². The summed E-state index contributed by atoms with van der Waals surface area (Å²) in [5.74, 6) is 0. The smallest absolute Gasteiger partial charge is 0.169 e. The monoisotopic (exact) mass is 209 g/mol. The maximum Gasteiger partial charge on any atom is 0.169 e. The van der Waals surface area contributed by atoms with E-state index >= 15 is 0 Å². The molecule has 0 heterocycles. The fourth-order valence-electron chi connectivity index (χ4n) is 1.40. The standard InChI is InChI=1S/C12H19NO2/c1-10(11-7-5-4-6-8-11)13-9-12(14-2)15-3/h4-8,10,12-13H,9H2,1-3H3/t10-/m1/s1. The molecule has 0 bridgehead atoms. The average Bonchev–Trinajstić information content (AvgIpc) is 2.31. The Balaban J connectivity index is 2.39. The number of rotatable bonds is 6. The molecule has 84 valence electrons. The van der Waals surface area contributed by atoms with Crippen LogP contribution in [0.25, 0.3) is 0 Å². The molecule has 1 atom stereocenters. The summed E-state index contributed by atoms with van der Waals surface area (Å²) in [4.78, 5) is 0. The Hall–Kier alpha value is -0.900. The van der Waals surface area contributed by atoms with Gasteiger partial charge in [0, 0.05) is 26.8 Å². The molecule has 0 aliphatic heterocycles. The minimum absolute atomic E-state index is 0.184. The zero-order chi connectivity index (χ0) is 11.1. The van der Waals surface area contributed by atoms with Crippen molar-refractivity contribution in [3.05, 3.63) is 35.9 Å². The number of benzene rings is 1. The van der Waals surface area contributed by atoms with Gasteiger partial charge < -0.3 is 14.8 Å². The highest BCUT2D eigenvalue weighted by molar-refractivity contribution is 5.17. The van der Waals surface area contributed by atoms with Crippen molar-refractivity contribution in [3.63, 3.8) is 0 Å². The fourth-order valence-corrected chi connectivity index (χ4v) is 1.40. The lowest BCUT2D eigenvalue weighted by Crippen LogP contribution is -2.31. The van der Waals surface area contributed by atoms with Crippen LogP contribution in [-0.2, 0) is 9.47 Å². The number of methoxy groups -OCH3 is 2. The molecule has 0 fully saturated rings. The van der Waals surface area contributed by atoms with Gasteiger partial charge in [-0.15, -0.1) is 0 Å². The summed E-state index contributed by atoms with van der Waals surface area (Å²) in [5, 5.41) is 3.35. The van der Waals surface area contributed by atoms with Gasteiger partial charge in [-0.25, -0.2) is 0 Å². The predicted octanol–water partition coefficient (Wildman–Crippen LogP) is 1.96. The third-order valence-electron chi connectivity index (χ3n) is 2.42. The number of hydrogen-bond donors (Lipinski definition) is 1. The van der Waals surface area contributed by atoms with E-state index in [-0.39, 0.29) is 6.29 Å². The van der Waals surface area contributed by atoms with Crippen molar-refractivity contribution in [1.82, 2.24) is 5.32 Å². The number of nitrogens with one attached hydrogen (secondary N) is 1. The van der Waals surface area contributed by atoms with E-state index in [1.54, 1.807) is 14.2 Å². The Morgan fingerprint density at radius 1 is 1.13 bits per heavy atom. The second-order valence-corrected chi connectivity index (χ2v) is 3.44. The van der Waals surface area contributed by atoms with E-state index < -0.39 is 0 Å². The van der Waals surface area contributed by atoms with Crippen LogP contribution < -0.4 is 5.32 Å². The molecule has 0 aromatic heterocycles. The van der Waals surface area contributed by atoms with Crippen LogP contribution in [0.1, 0.15) is 18.5 Å². The molecule has 1 N–H and O–H groups in total. The Morgan fingerprint density at radius 3 is 2.27 bits per heavy atom. The van der Waals surface area contributed by atoms with E-state index in [0.29, 0.717) is 12.6 Å². The Morgan fingerprint density at radius 2 is 1.73 bits per heavy atom. The number of hydrogen-bond acceptors (Lipinski definition) is 3. The molecule has 3 nitrogen and oxygen atoms in total. The van der Waals surface area contributed by atoms with Gasteiger partial charge in [0.15, 0.2) is 6.29 Å². The van der Waals surface area contributed by atoms with Crippen LogP contribution in [0.4, 0.5) is 0 Å². The molecule has 0 aliphatic rings. The topological polar surface area (TPSA) is 30.5 Å². The van der Waals surface area contributed by atoms with Gasteiger partial charge in [-0.3, -0.25) is 0 Å². The van der Waals surface area contributed by atoms with Crippen LogP contribution >= 0.6 is 0 Å².